The number of Topliss-reactive ketones (excluding diaryl/α,β-unsaturated/α-hetero) is 1. The fraction of sp³-hybridized carbons (Fsp3) is 0.622. The zero-order valence-electron chi connectivity index (χ0n) is 31.0. The summed E-state index contributed by atoms with van der Waals surface area (Å²) in [7, 11) is -3.70. The van der Waals surface area contributed by atoms with Crippen molar-refractivity contribution in [3.8, 4) is 0 Å². The first kappa shape index (κ1) is 40.9. The molecule has 15 heteroatoms. The lowest BCUT2D eigenvalue weighted by Gasteiger charge is -2.39. The van der Waals surface area contributed by atoms with E-state index in [2.05, 4.69) is 34.4 Å². The van der Waals surface area contributed by atoms with E-state index in [1.807, 2.05) is 41.5 Å². The Labute approximate surface area is 306 Å². The van der Waals surface area contributed by atoms with Crippen LogP contribution in [-0.2, 0) is 35.7 Å². The smallest absolute Gasteiger partial charge is 0.289 e. The molecule has 0 radical (unpaired) electrons. The zero-order valence-corrected chi connectivity index (χ0v) is 31.8. The standard InChI is InChI=1S/C37H54F2N6O6S/c1-9-17-40-34(48)31(46)26(18-29(38)39)43-33(47)30-25-15-12-14-23(25)20-45(30)35(49)32(37(6,7)8)42-22(2)41-28(36(3,4)5)21-44-19-24-13-10-11-16-27(24)52(44,50)51/h9-11,13,16,23,25-26,28-30,32,41-42H,1-2,12,14-15,17-21H2,3-8H3,(H,40,48)(H,43,47)/t23-,25-,26-,28+,30-,32+/m0/s1. The largest absolute Gasteiger partial charge is 0.368 e. The van der Waals surface area contributed by atoms with Gasteiger partial charge in [0.05, 0.1) is 10.7 Å². The Morgan fingerprint density at radius 3 is 2.27 bits per heavy atom. The highest BCUT2D eigenvalue weighted by Crippen LogP contribution is 2.43. The first-order valence-corrected chi connectivity index (χ1v) is 19.2. The molecule has 6 atom stereocenters. The van der Waals surface area contributed by atoms with Crippen molar-refractivity contribution in [2.75, 3.05) is 19.6 Å². The normalized spacial score (nSPS) is 22.9. The molecule has 2 aliphatic heterocycles. The fourth-order valence-corrected chi connectivity index (χ4v) is 9.04. The monoisotopic (exact) mass is 748 g/mol. The van der Waals surface area contributed by atoms with Crippen LogP contribution in [0.4, 0.5) is 8.78 Å². The van der Waals surface area contributed by atoms with Gasteiger partial charge in [0.25, 0.3) is 5.91 Å². The summed E-state index contributed by atoms with van der Waals surface area (Å²) in [6.45, 7) is 19.7. The van der Waals surface area contributed by atoms with Crippen molar-refractivity contribution in [2.24, 2.45) is 22.7 Å². The van der Waals surface area contributed by atoms with Crippen LogP contribution < -0.4 is 21.3 Å². The third-order valence-corrected chi connectivity index (χ3v) is 12.2. The molecule has 0 aromatic heterocycles. The van der Waals surface area contributed by atoms with Crippen molar-refractivity contribution >= 4 is 33.5 Å². The van der Waals surface area contributed by atoms with E-state index in [0.29, 0.717) is 6.42 Å². The third kappa shape index (κ3) is 9.20. The summed E-state index contributed by atoms with van der Waals surface area (Å²) in [6.07, 6.45) is -0.458. The fourth-order valence-electron chi connectivity index (χ4n) is 7.39. The number of benzene rings is 1. The molecule has 0 unspecified atom stereocenters. The van der Waals surface area contributed by atoms with E-state index >= 15 is 0 Å². The summed E-state index contributed by atoms with van der Waals surface area (Å²) in [5.41, 5.74) is -0.435. The number of likely N-dealkylation sites (tertiary alicyclic amines) is 1. The Kier molecular flexibility index (Phi) is 12.6. The molecular formula is C37H54F2N6O6S. The van der Waals surface area contributed by atoms with Crippen LogP contribution in [0.25, 0.3) is 0 Å². The van der Waals surface area contributed by atoms with Crippen molar-refractivity contribution in [3.63, 3.8) is 0 Å². The maximum Gasteiger partial charge on any atom is 0.289 e. The number of alkyl halides is 2. The van der Waals surface area contributed by atoms with Gasteiger partial charge in [-0.25, -0.2) is 17.2 Å². The number of carbonyl (C=O) groups is 4. The molecule has 1 saturated carbocycles. The number of sulfonamides is 1. The van der Waals surface area contributed by atoms with Crippen molar-refractivity contribution < 1.29 is 36.4 Å². The third-order valence-electron chi connectivity index (χ3n) is 10.3. The summed E-state index contributed by atoms with van der Waals surface area (Å²) in [4.78, 5) is 55.5. The van der Waals surface area contributed by atoms with Gasteiger partial charge in [-0.05, 0) is 47.1 Å². The average molecular weight is 749 g/mol. The molecule has 0 bridgehead atoms. The Hall–Kier alpha value is -3.85. The number of hydrogen-bond donors (Lipinski definition) is 4. The van der Waals surface area contributed by atoms with Crippen molar-refractivity contribution in [1.82, 2.24) is 30.5 Å². The van der Waals surface area contributed by atoms with Gasteiger partial charge in [0.2, 0.25) is 34.0 Å². The molecule has 0 spiro atoms. The van der Waals surface area contributed by atoms with E-state index in [1.54, 1.807) is 24.3 Å². The highest BCUT2D eigenvalue weighted by molar-refractivity contribution is 7.89. The average Bonchev–Trinajstić information content (AvgIpc) is 3.71. The summed E-state index contributed by atoms with van der Waals surface area (Å²) < 4.78 is 55.3. The number of amides is 3. The molecule has 3 aliphatic rings. The van der Waals surface area contributed by atoms with Gasteiger partial charge < -0.3 is 26.2 Å². The van der Waals surface area contributed by atoms with Crippen molar-refractivity contribution in [3.05, 3.63) is 54.9 Å². The van der Waals surface area contributed by atoms with E-state index < -0.39 is 81.4 Å². The van der Waals surface area contributed by atoms with Crippen LogP contribution >= 0.6 is 0 Å². The van der Waals surface area contributed by atoms with E-state index in [-0.39, 0.29) is 48.7 Å². The first-order chi connectivity index (χ1) is 24.2. The Morgan fingerprint density at radius 2 is 1.67 bits per heavy atom. The van der Waals surface area contributed by atoms with Crippen LogP contribution in [0.15, 0.2) is 54.2 Å². The lowest BCUT2D eigenvalue weighted by Crippen LogP contribution is -2.60. The number of fused-ring (bicyclic) bond motifs is 2. The van der Waals surface area contributed by atoms with Crippen LogP contribution in [0.3, 0.4) is 0 Å². The SMILES string of the molecule is C=CCNC(=O)C(=O)[C@H](CC(F)F)NC(=O)[C@@H]1[C@H]2CCC[C@H]2CN1C(=O)[C@@H](NC(=C)N[C@H](CN1Cc2ccccc2S1(=O)=O)C(C)(C)C)C(C)(C)C. The van der Waals surface area contributed by atoms with Gasteiger partial charge in [-0.1, -0.05) is 78.8 Å². The molecule has 4 N–H and O–H groups in total. The second-order valence-electron chi connectivity index (χ2n) is 16.2. The molecule has 4 rings (SSSR count). The predicted octanol–water partition coefficient (Wildman–Crippen LogP) is 3.31. The highest BCUT2D eigenvalue weighted by atomic mass is 32.2. The van der Waals surface area contributed by atoms with Gasteiger partial charge >= 0.3 is 0 Å². The van der Waals surface area contributed by atoms with Crippen LogP contribution in [-0.4, -0.2) is 91.4 Å². The minimum absolute atomic E-state index is 0.00131. The van der Waals surface area contributed by atoms with Gasteiger partial charge in [0, 0.05) is 38.6 Å². The molecule has 288 valence electrons. The van der Waals surface area contributed by atoms with E-state index in [1.165, 1.54) is 15.3 Å². The number of halogens is 2. The minimum Gasteiger partial charge on any atom is -0.368 e. The number of hydrogen-bond acceptors (Lipinski definition) is 8. The Bertz CT molecular complexity index is 1660. The molecule has 1 saturated heterocycles. The molecule has 12 nitrogen and oxygen atoms in total. The van der Waals surface area contributed by atoms with Crippen molar-refractivity contribution in [1.29, 1.82) is 0 Å². The molecule has 2 heterocycles. The van der Waals surface area contributed by atoms with Crippen molar-refractivity contribution in [2.45, 2.75) is 109 Å². The van der Waals surface area contributed by atoms with Gasteiger partial charge in [-0.2, -0.15) is 4.31 Å². The number of carbonyl (C=O) groups excluding carboxylic acids is 4. The molecule has 1 aliphatic carbocycles. The van der Waals surface area contributed by atoms with E-state index in [4.69, 9.17) is 0 Å². The molecule has 52 heavy (non-hydrogen) atoms. The van der Waals surface area contributed by atoms with Gasteiger partial charge in [0.15, 0.2) is 0 Å². The predicted molar refractivity (Wildman–Crippen MR) is 193 cm³/mol. The molecular weight excluding hydrogens is 695 g/mol. The number of rotatable bonds is 15. The molecule has 1 aromatic carbocycles. The lowest BCUT2D eigenvalue weighted by molar-refractivity contribution is -0.145. The number of nitrogens with one attached hydrogen (secondary N) is 4. The lowest BCUT2D eigenvalue weighted by atomic mass is 9.85. The first-order valence-electron chi connectivity index (χ1n) is 17.8. The quantitative estimate of drug-likeness (QED) is 0.157. The Balaban J connectivity index is 1.54. The second-order valence-corrected chi connectivity index (χ2v) is 18.1. The zero-order chi connectivity index (χ0) is 38.8. The molecule has 2 fully saturated rings. The van der Waals surface area contributed by atoms with Crippen LogP contribution in [0.2, 0.25) is 0 Å². The van der Waals surface area contributed by atoms with E-state index in [0.717, 1.165) is 18.4 Å². The highest BCUT2D eigenvalue weighted by Gasteiger charge is 2.52. The number of nitrogens with zero attached hydrogens (tertiary/aromatic N) is 2. The molecule has 1 aromatic rings. The minimum atomic E-state index is -3.70. The van der Waals surface area contributed by atoms with Gasteiger partial charge in [-0.3, -0.25) is 19.2 Å². The van der Waals surface area contributed by atoms with Gasteiger partial charge in [0.1, 0.15) is 18.1 Å². The van der Waals surface area contributed by atoms with Gasteiger partial charge in [-0.15, -0.1) is 6.58 Å². The van der Waals surface area contributed by atoms with Crippen LogP contribution in [0.5, 0.6) is 0 Å². The number of ketones is 1. The summed E-state index contributed by atoms with van der Waals surface area (Å²) in [5, 5.41) is 11.2. The second kappa shape index (κ2) is 16.0. The van der Waals surface area contributed by atoms with Crippen LogP contribution in [0, 0.1) is 22.7 Å². The topological polar surface area (TPSA) is 157 Å². The summed E-state index contributed by atoms with van der Waals surface area (Å²) in [5.74, 6) is -3.45. The Morgan fingerprint density at radius 1 is 1.00 bits per heavy atom. The maximum absolute atomic E-state index is 14.5. The van der Waals surface area contributed by atoms with E-state index in [9.17, 15) is 36.4 Å². The summed E-state index contributed by atoms with van der Waals surface area (Å²) in [6, 6.07) is 2.74. The summed E-state index contributed by atoms with van der Waals surface area (Å²) >= 11 is 0. The van der Waals surface area contributed by atoms with Crippen LogP contribution in [0.1, 0.15) is 72.8 Å². The molecule has 3 amide bonds. The maximum atomic E-state index is 14.5.